The summed E-state index contributed by atoms with van der Waals surface area (Å²) in [5.41, 5.74) is 5.60. The lowest BCUT2D eigenvalue weighted by Crippen LogP contribution is -1.85. The molecule has 0 aliphatic heterocycles. The zero-order chi connectivity index (χ0) is 12.7. The third-order valence-corrected chi connectivity index (χ3v) is 3.91. The van der Waals surface area contributed by atoms with E-state index in [-0.39, 0.29) is 0 Å². The largest absolute Gasteiger partial charge is 0.0622 e. The Hall–Kier alpha value is -2.34. The van der Waals surface area contributed by atoms with Crippen LogP contribution in [0.1, 0.15) is 16.7 Å². The molecule has 0 atom stereocenters. The molecule has 0 unspecified atom stereocenters. The summed E-state index contributed by atoms with van der Waals surface area (Å²) in [6.07, 6.45) is 3.40. The van der Waals surface area contributed by atoms with Crippen molar-refractivity contribution >= 4 is 22.4 Å². The van der Waals surface area contributed by atoms with Crippen molar-refractivity contribution in [2.45, 2.75) is 6.42 Å². The lowest BCUT2D eigenvalue weighted by Gasteiger charge is -2.03. The van der Waals surface area contributed by atoms with Gasteiger partial charge in [-0.2, -0.15) is 0 Å². The van der Waals surface area contributed by atoms with E-state index in [9.17, 15) is 0 Å². The van der Waals surface area contributed by atoms with Crippen molar-refractivity contribution < 1.29 is 0 Å². The molecule has 0 heterocycles. The smallest absolute Gasteiger partial charge is 0.00134 e. The summed E-state index contributed by atoms with van der Waals surface area (Å²) in [7, 11) is 0. The minimum atomic E-state index is 1.05. The van der Waals surface area contributed by atoms with Gasteiger partial charge in [0.1, 0.15) is 0 Å². The molecule has 0 saturated heterocycles. The average molecular weight is 242 g/mol. The Morgan fingerprint density at radius 1 is 0.684 bits per heavy atom. The Morgan fingerprint density at radius 3 is 2.37 bits per heavy atom. The maximum atomic E-state index is 2.35. The van der Waals surface area contributed by atoms with Crippen LogP contribution in [-0.4, -0.2) is 0 Å². The molecule has 3 aromatic carbocycles. The van der Waals surface area contributed by atoms with E-state index in [4.69, 9.17) is 0 Å². The molecule has 0 saturated carbocycles. The average Bonchev–Trinajstić information content (AvgIpc) is 2.93. The van der Waals surface area contributed by atoms with Gasteiger partial charge in [-0.25, -0.2) is 0 Å². The molecule has 0 nitrogen and oxygen atoms in total. The minimum absolute atomic E-state index is 1.05. The van der Waals surface area contributed by atoms with E-state index in [2.05, 4.69) is 72.8 Å². The van der Waals surface area contributed by atoms with Crippen molar-refractivity contribution in [3.63, 3.8) is 0 Å². The van der Waals surface area contributed by atoms with E-state index in [0.29, 0.717) is 0 Å². The van der Waals surface area contributed by atoms with E-state index in [1.807, 2.05) is 0 Å². The molecule has 0 N–H and O–H groups in total. The van der Waals surface area contributed by atoms with Crippen LogP contribution in [0.3, 0.4) is 0 Å². The first kappa shape index (κ1) is 10.6. The summed E-state index contributed by atoms with van der Waals surface area (Å²) in [5, 5.41) is 2.69. The Kier molecular flexibility index (Phi) is 2.28. The van der Waals surface area contributed by atoms with Gasteiger partial charge >= 0.3 is 0 Å². The fourth-order valence-electron chi connectivity index (χ4n) is 2.93. The van der Waals surface area contributed by atoms with Gasteiger partial charge < -0.3 is 0 Å². The molecule has 4 rings (SSSR count). The number of hydrogen-bond acceptors (Lipinski definition) is 0. The first-order chi connectivity index (χ1) is 9.42. The zero-order valence-corrected chi connectivity index (χ0v) is 10.6. The highest BCUT2D eigenvalue weighted by Crippen LogP contribution is 2.35. The van der Waals surface area contributed by atoms with Gasteiger partial charge in [0.15, 0.2) is 0 Å². The van der Waals surface area contributed by atoms with E-state index < -0.39 is 0 Å². The van der Waals surface area contributed by atoms with Gasteiger partial charge in [-0.05, 0) is 45.5 Å². The van der Waals surface area contributed by atoms with Crippen LogP contribution in [0.4, 0.5) is 0 Å². The Balaban J connectivity index is 1.91. The third-order valence-electron chi connectivity index (χ3n) is 3.91. The molecule has 0 bridgehead atoms. The second-order valence-corrected chi connectivity index (χ2v) is 5.07. The van der Waals surface area contributed by atoms with E-state index >= 15 is 0 Å². The predicted octanol–water partition coefficient (Wildman–Crippen LogP) is 4.94. The molecule has 3 aromatic rings. The number of rotatable bonds is 1. The lowest BCUT2D eigenvalue weighted by molar-refractivity contribution is 1.33. The second kappa shape index (κ2) is 4.10. The molecule has 0 amide bonds. The normalized spacial score (nSPS) is 13.4. The van der Waals surface area contributed by atoms with Crippen molar-refractivity contribution in [2.24, 2.45) is 0 Å². The van der Waals surface area contributed by atoms with Crippen molar-refractivity contribution in [3.8, 4) is 0 Å². The maximum Gasteiger partial charge on any atom is -0.00134 e. The Labute approximate surface area is 113 Å². The fraction of sp³-hybridized carbons (Fsp3) is 0.0526. The molecule has 0 radical (unpaired) electrons. The summed E-state index contributed by atoms with van der Waals surface area (Å²) in [6.45, 7) is 0. The van der Waals surface area contributed by atoms with Gasteiger partial charge in [0.2, 0.25) is 0 Å². The van der Waals surface area contributed by atoms with Gasteiger partial charge in [0.25, 0.3) is 0 Å². The highest BCUT2D eigenvalue weighted by molar-refractivity contribution is 6.00. The summed E-state index contributed by atoms with van der Waals surface area (Å²) < 4.78 is 0. The monoisotopic (exact) mass is 242 g/mol. The Bertz CT molecular complexity index is 780. The van der Waals surface area contributed by atoms with Crippen LogP contribution < -0.4 is 0 Å². The topological polar surface area (TPSA) is 0 Å². The minimum Gasteiger partial charge on any atom is -0.0622 e. The van der Waals surface area contributed by atoms with Crippen molar-refractivity contribution in [3.05, 3.63) is 83.4 Å². The fourth-order valence-corrected chi connectivity index (χ4v) is 2.93. The first-order valence-electron chi connectivity index (χ1n) is 6.68. The van der Waals surface area contributed by atoms with E-state index in [1.54, 1.807) is 0 Å². The number of fused-ring (bicyclic) bond motifs is 3. The van der Waals surface area contributed by atoms with Gasteiger partial charge in [-0.1, -0.05) is 66.7 Å². The van der Waals surface area contributed by atoms with E-state index in [0.717, 1.165) is 6.42 Å². The van der Waals surface area contributed by atoms with Crippen LogP contribution in [0.15, 0.2) is 66.7 Å². The van der Waals surface area contributed by atoms with E-state index in [1.165, 1.54) is 33.0 Å². The highest BCUT2D eigenvalue weighted by atomic mass is 14.2. The molecule has 0 fully saturated rings. The summed E-state index contributed by atoms with van der Waals surface area (Å²) in [4.78, 5) is 0. The molecule has 0 aromatic heterocycles. The van der Waals surface area contributed by atoms with Gasteiger partial charge in [-0.3, -0.25) is 0 Å². The highest BCUT2D eigenvalue weighted by Gasteiger charge is 2.15. The van der Waals surface area contributed by atoms with Gasteiger partial charge in [-0.15, -0.1) is 0 Å². The summed E-state index contributed by atoms with van der Waals surface area (Å²) >= 11 is 0. The number of benzene rings is 3. The summed E-state index contributed by atoms with van der Waals surface area (Å²) in [6, 6.07) is 23.8. The van der Waals surface area contributed by atoms with Crippen LogP contribution in [0.2, 0.25) is 0 Å². The van der Waals surface area contributed by atoms with Crippen LogP contribution in [0.5, 0.6) is 0 Å². The molecule has 19 heavy (non-hydrogen) atoms. The van der Waals surface area contributed by atoms with Crippen molar-refractivity contribution in [1.29, 1.82) is 0 Å². The van der Waals surface area contributed by atoms with Crippen molar-refractivity contribution in [1.82, 2.24) is 0 Å². The molecule has 90 valence electrons. The SMILES string of the molecule is C1=C(c2ccccc2)Cc2ccc3ccccc3c21. The number of hydrogen-bond donors (Lipinski definition) is 0. The van der Waals surface area contributed by atoms with Crippen LogP contribution in [0.25, 0.3) is 22.4 Å². The predicted molar refractivity (Wildman–Crippen MR) is 82.0 cm³/mol. The lowest BCUT2D eigenvalue weighted by atomic mass is 10.0. The van der Waals surface area contributed by atoms with Gasteiger partial charge in [0.05, 0.1) is 0 Å². The Morgan fingerprint density at radius 2 is 1.47 bits per heavy atom. The quantitative estimate of drug-likeness (QED) is 0.567. The second-order valence-electron chi connectivity index (χ2n) is 5.07. The van der Waals surface area contributed by atoms with Crippen LogP contribution >= 0.6 is 0 Å². The van der Waals surface area contributed by atoms with Crippen LogP contribution in [0, 0.1) is 0 Å². The standard InChI is InChI=1S/C19H14/c1-2-6-14(7-3-1)17-12-16-11-10-15-8-4-5-9-18(15)19(16)13-17/h1-11,13H,12H2. The molecular weight excluding hydrogens is 228 g/mol. The summed E-state index contributed by atoms with van der Waals surface area (Å²) in [5.74, 6) is 0. The number of allylic oxidation sites excluding steroid dienone is 1. The molecule has 0 spiro atoms. The van der Waals surface area contributed by atoms with Crippen LogP contribution in [-0.2, 0) is 6.42 Å². The third kappa shape index (κ3) is 1.68. The van der Waals surface area contributed by atoms with Gasteiger partial charge in [0, 0.05) is 0 Å². The molecular formula is C19H14. The zero-order valence-electron chi connectivity index (χ0n) is 10.6. The molecule has 0 heteroatoms. The van der Waals surface area contributed by atoms with Crippen molar-refractivity contribution in [2.75, 3.05) is 0 Å². The molecule has 1 aliphatic rings. The molecule has 1 aliphatic carbocycles. The first-order valence-corrected chi connectivity index (χ1v) is 6.68. The maximum absolute atomic E-state index is 2.35.